The summed E-state index contributed by atoms with van der Waals surface area (Å²) >= 11 is 0. The molecule has 1 unspecified atom stereocenters. The molecule has 8 nitrogen and oxygen atoms in total. The van der Waals surface area contributed by atoms with Crippen molar-refractivity contribution in [3.8, 4) is 11.5 Å². The second-order valence-electron chi connectivity index (χ2n) is 7.00. The molecule has 0 aromatic heterocycles. The number of guanidine groups is 1. The number of hydrogen-bond acceptors (Lipinski definition) is 6. The monoisotopic (exact) mass is 555 g/mol. The highest BCUT2D eigenvalue weighted by Gasteiger charge is 2.21. The molecule has 1 aromatic carbocycles. The molecule has 10 heteroatoms. The van der Waals surface area contributed by atoms with Gasteiger partial charge in [0.25, 0.3) is 0 Å². The third-order valence-electron chi connectivity index (χ3n) is 4.27. The molecule has 0 amide bonds. The van der Waals surface area contributed by atoms with Gasteiger partial charge in [-0.3, -0.25) is 0 Å². The standard InChI is InChI=1S/C20H33N3O5S.HI/c1-5-21-20(22-7-8-26-9-10-29(4,24)25)23-14-17-13-19-16(11-15(3)28-19)12-18(17)27-6-2;/h12-13,15H,5-11,14H2,1-4H3,(H2,21,22,23);1H. The Balaban J connectivity index is 0.00000450. The lowest BCUT2D eigenvalue weighted by Crippen LogP contribution is -2.39. The van der Waals surface area contributed by atoms with Crippen molar-refractivity contribution >= 4 is 39.8 Å². The number of aliphatic imine (C=N–C) groups is 1. The highest BCUT2D eigenvalue weighted by Crippen LogP contribution is 2.35. The lowest BCUT2D eigenvalue weighted by molar-refractivity contribution is 0.154. The molecule has 0 spiro atoms. The molecule has 1 heterocycles. The van der Waals surface area contributed by atoms with Crippen LogP contribution in [0.25, 0.3) is 0 Å². The Morgan fingerprint density at radius 3 is 2.70 bits per heavy atom. The third-order valence-corrected chi connectivity index (χ3v) is 5.18. The molecule has 30 heavy (non-hydrogen) atoms. The van der Waals surface area contributed by atoms with E-state index in [-0.39, 0.29) is 42.4 Å². The predicted octanol–water partition coefficient (Wildman–Crippen LogP) is 2.14. The van der Waals surface area contributed by atoms with E-state index < -0.39 is 9.84 Å². The van der Waals surface area contributed by atoms with Gasteiger partial charge in [-0.15, -0.1) is 24.0 Å². The number of nitrogens with one attached hydrogen (secondary N) is 2. The van der Waals surface area contributed by atoms with Crippen LogP contribution in [0.4, 0.5) is 0 Å². The number of ether oxygens (including phenoxy) is 3. The molecule has 2 rings (SSSR count). The van der Waals surface area contributed by atoms with Crippen molar-refractivity contribution in [1.82, 2.24) is 10.6 Å². The number of fused-ring (bicyclic) bond motifs is 1. The van der Waals surface area contributed by atoms with E-state index in [1.165, 1.54) is 11.8 Å². The van der Waals surface area contributed by atoms with Gasteiger partial charge in [0.1, 0.15) is 27.4 Å². The van der Waals surface area contributed by atoms with Crippen LogP contribution < -0.4 is 20.1 Å². The fraction of sp³-hybridized carbons (Fsp3) is 0.650. The Hall–Kier alpha value is -1.27. The van der Waals surface area contributed by atoms with E-state index in [9.17, 15) is 8.42 Å². The van der Waals surface area contributed by atoms with Gasteiger partial charge in [0, 0.05) is 36.9 Å². The summed E-state index contributed by atoms with van der Waals surface area (Å²) in [5, 5.41) is 6.39. The first-order valence-corrected chi connectivity index (χ1v) is 12.1. The zero-order valence-electron chi connectivity index (χ0n) is 18.2. The van der Waals surface area contributed by atoms with Crippen LogP contribution >= 0.6 is 24.0 Å². The number of nitrogens with zero attached hydrogens (tertiary/aromatic N) is 1. The molecule has 1 aliphatic heterocycles. The molecule has 2 N–H and O–H groups in total. The molecule has 0 fully saturated rings. The Labute approximate surface area is 197 Å². The van der Waals surface area contributed by atoms with Crippen molar-refractivity contribution in [3.63, 3.8) is 0 Å². The SMILES string of the molecule is CCNC(=NCc1cc2c(cc1OCC)CC(C)O2)NCCOCCS(C)(=O)=O.I. The summed E-state index contributed by atoms with van der Waals surface area (Å²) in [6, 6.07) is 4.08. The zero-order valence-corrected chi connectivity index (χ0v) is 21.3. The van der Waals surface area contributed by atoms with Crippen molar-refractivity contribution in [3.05, 3.63) is 23.3 Å². The van der Waals surface area contributed by atoms with Crippen molar-refractivity contribution in [2.45, 2.75) is 39.8 Å². The molecule has 0 bridgehead atoms. The summed E-state index contributed by atoms with van der Waals surface area (Å²) in [5.41, 5.74) is 2.14. The Morgan fingerprint density at radius 1 is 1.27 bits per heavy atom. The number of halogens is 1. The van der Waals surface area contributed by atoms with Gasteiger partial charge in [-0.2, -0.15) is 0 Å². The maximum Gasteiger partial charge on any atom is 0.191 e. The van der Waals surface area contributed by atoms with E-state index >= 15 is 0 Å². The van der Waals surface area contributed by atoms with E-state index in [2.05, 4.69) is 28.6 Å². The zero-order chi connectivity index (χ0) is 21.3. The van der Waals surface area contributed by atoms with E-state index in [0.29, 0.717) is 32.3 Å². The lowest BCUT2D eigenvalue weighted by Gasteiger charge is -2.14. The second-order valence-corrected chi connectivity index (χ2v) is 9.26. The van der Waals surface area contributed by atoms with Crippen LogP contribution in [0.5, 0.6) is 11.5 Å². The molecule has 0 aliphatic carbocycles. The second kappa shape index (κ2) is 13.2. The number of sulfone groups is 1. The highest BCUT2D eigenvalue weighted by molar-refractivity contribution is 14.0. The summed E-state index contributed by atoms with van der Waals surface area (Å²) < 4.78 is 39.2. The summed E-state index contributed by atoms with van der Waals surface area (Å²) in [7, 11) is -3.00. The lowest BCUT2D eigenvalue weighted by atomic mass is 10.1. The van der Waals surface area contributed by atoms with E-state index in [1.807, 2.05) is 19.9 Å². The van der Waals surface area contributed by atoms with Crippen LogP contribution in [-0.4, -0.2) is 65.4 Å². The molecule has 0 radical (unpaired) electrons. The van der Waals surface area contributed by atoms with Crippen molar-refractivity contribution in [2.24, 2.45) is 4.99 Å². The predicted molar refractivity (Wildman–Crippen MR) is 130 cm³/mol. The number of benzene rings is 1. The maximum atomic E-state index is 11.1. The van der Waals surface area contributed by atoms with Crippen LogP contribution in [0.2, 0.25) is 0 Å². The summed E-state index contributed by atoms with van der Waals surface area (Å²) in [4.78, 5) is 4.64. The van der Waals surface area contributed by atoms with E-state index in [0.717, 1.165) is 30.0 Å². The average Bonchev–Trinajstić information content (AvgIpc) is 3.00. The summed E-state index contributed by atoms with van der Waals surface area (Å²) in [6.07, 6.45) is 2.27. The Morgan fingerprint density at radius 2 is 2.03 bits per heavy atom. The smallest absolute Gasteiger partial charge is 0.191 e. The van der Waals surface area contributed by atoms with Gasteiger partial charge in [0.05, 0.1) is 32.1 Å². The fourth-order valence-corrected chi connectivity index (χ4v) is 3.38. The molecule has 172 valence electrons. The average molecular weight is 555 g/mol. The Kier molecular flexibility index (Phi) is 11.8. The first-order chi connectivity index (χ1) is 13.8. The Bertz CT molecular complexity index is 802. The topological polar surface area (TPSA) is 98.2 Å². The minimum atomic E-state index is -3.00. The van der Waals surface area contributed by atoms with Crippen LogP contribution in [-0.2, 0) is 27.5 Å². The van der Waals surface area contributed by atoms with Gasteiger partial charge in [-0.25, -0.2) is 13.4 Å². The molecule has 1 aliphatic rings. The van der Waals surface area contributed by atoms with Gasteiger partial charge < -0.3 is 24.8 Å². The molecular formula is C20H34IN3O5S. The van der Waals surface area contributed by atoms with Crippen LogP contribution in [0, 0.1) is 0 Å². The minimum absolute atomic E-state index is 0. The first-order valence-electron chi connectivity index (χ1n) is 10.0. The fourth-order valence-electron chi connectivity index (χ4n) is 2.95. The van der Waals surface area contributed by atoms with Gasteiger partial charge in [-0.05, 0) is 32.9 Å². The number of rotatable bonds is 11. The molecular weight excluding hydrogens is 521 g/mol. The summed E-state index contributed by atoms with van der Waals surface area (Å²) in [6.45, 7) is 8.91. The maximum absolute atomic E-state index is 11.1. The van der Waals surface area contributed by atoms with E-state index in [4.69, 9.17) is 14.2 Å². The van der Waals surface area contributed by atoms with Crippen LogP contribution in [0.3, 0.4) is 0 Å². The molecule has 1 atom stereocenters. The molecule has 1 aromatic rings. The quantitative estimate of drug-likeness (QED) is 0.187. The van der Waals surface area contributed by atoms with Crippen LogP contribution in [0.15, 0.2) is 17.1 Å². The normalized spacial score (nSPS) is 15.7. The third kappa shape index (κ3) is 9.25. The van der Waals surface area contributed by atoms with Crippen molar-refractivity contribution < 1.29 is 22.6 Å². The van der Waals surface area contributed by atoms with Gasteiger partial charge in [-0.1, -0.05) is 0 Å². The minimum Gasteiger partial charge on any atom is -0.494 e. The molecule has 0 saturated carbocycles. The number of hydrogen-bond donors (Lipinski definition) is 2. The van der Waals surface area contributed by atoms with Crippen molar-refractivity contribution in [2.75, 3.05) is 44.9 Å². The van der Waals surface area contributed by atoms with Gasteiger partial charge in [0.2, 0.25) is 0 Å². The first kappa shape index (κ1) is 26.8. The van der Waals surface area contributed by atoms with Gasteiger partial charge >= 0.3 is 0 Å². The highest BCUT2D eigenvalue weighted by atomic mass is 127. The summed E-state index contributed by atoms with van der Waals surface area (Å²) in [5.74, 6) is 2.44. The largest absolute Gasteiger partial charge is 0.494 e. The van der Waals surface area contributed by atoms with Crippen molar-refractivity contribution in [1.29, 1.82) is 0 Å². The molecule has 0 saturated heterocycles. The van der Waals surface area contributed by atoms with E-state index in [1.54, 1.807) is 0 Å². The van der Waals surface area contributed by atoms with Crippen LogP contribution in [0.1, 0.15) is 31.9 Å². The van der Waals surface area contributed by atoms with Gasteiger partial charge in [0.15, 0.2) is 5.96 Å².